The molecule has 1 atom stereocenters. The van der Waals surface area contributed by atoms with E-state index in [0.717, 1.165) is 44.0 Å². The first-order valence-electron chi connectivity index (χ1n) is 10.1. The van der Waals surface area contributed by atoms with E-state index in [0.29, 0.717) is 18.2 Å². The number of rotatable bonds is 9. The molecule has 1 aliphatic rings. The number of carbonyl (C=O) groups is 1. The first kappa shape index (κ1) is 21.8. The molecule has 3 rings (SSSR count). The van der Waals surface area contributed by atoms with E-state index in [1.165, 1.54) is 0 Å². The number of benzene rings is 2. The number of hydrogen-bond donors (Lipinski definition) is 0. The average Bonchev–Trinajstić information content (AvgIpc) is 2.74. The second-order valence-electron chi connectivity index (χ2n) is 7.35. The quantitative estimate of drug-likeness (QED) is 0.626. The Kier molecular flexibility index (Phi) is 8.50. The number of amides is 1. The van der Waals surface area contributed by atoms with E-state index >= 15 is 0 Å². The van der Waals surface area contributed by atoms with Gasteiger partial charge in [-0.25, -0.2) is 0 Å². The van der Waals surface area contributed by atoms with Gasteiger partial charge in [0.1, 0.15) is 6.61 Å². The van der Waals surface area contributed by atoms with Crippen molar-refractivity contribution in [3.8, 4) is 0 Å². The van der Waals surface area contributed by atoms with E-state index in [9.17, 15) is 4.79 Å². The second kappa shape index (κ2) is 11.3. The van der Waals surface area contributed by atoms with Crippen molar-refractivity contribution in [2.75, 3.05) is 39.5 Å². The molecule has 1 amide bonds. The molecule has 1 heterocycles. The molecule has 0 radical (unpaired) electrons. The highest BCUT2D eigenvalue weighted by Gasteiger charge is 2.23. The van der Waals surface area contributed by atoms with Gasteiger partial charge in [0, 0.05) is 37.2 Å². The summed E-state index contributed by atoms with van der Waals surface area (Å²) in [6.45, 7) is 7.16. The summed E-state index contributed by atoms with van der Waals surface area (Å²) in [5.41, 5.74) is 2.00. The molecule has 6 heteroatoms. The van der Waals surface area contributed by atoms with Gasteiger partial charge in [0.15, 0.2) is 0 Å². The first-order valence-corrected chi connectivity index (χ1v) is 10.5. The molecule has 1 unspecified atom stereocenters. The van der Waals surface area contributed by atoms with Gasteiger partial charge in [-0.05, 0) is 24.1 Å². The molecule has 2 aromatic rings. The molecule has 29 heavy (non-hydrogen) atoms. The van der Waals surface area contributed by atoms with Crippen LogP contribution in [0.15, 0.2) is 54.6 Å². The monoisotopic (exact) mass is 416 g/mol. The normalized spacial score (nSPS) is 15.8. The molecule has 0 spiro atoms. The smallest absolute Gasteiger partial charge is 0.249 e. The molecule has 0 aliphatic carbocycles. The van der Waals surface area contributed by atoms with Crippen molar-refractivity contribution in [2.45, 2.75) is 26.1 Å². The van der Waals surface area contributed by atoms with Gasteiger partial charge >= 0.3 is 0 Å². The van der Waals surface area contributed by atoms with Gasteiger partial charge in [-0.1, -0.05) is 60.1 Å². The minimum Gasteiger partial charge on any atom is -0.379 e. The van der Waals surface area contributed by atoms with Crippen molar-refractivity contribution in [3.05, 3.63) is 70.7 Å². The zero-order chi connectivity index (χ0) is 20.5. The van der Waals surface area contributed by atoms with Crippen LogP contribution in [0, 0.1) is 0 Å². The second-order valence-corrected chi connectivity index (χ2v) is 7.76. The number of nitrogens with zero attached hydrogens (tertiary/aromatic N) is 2. The molecule has 0 bridgehead atoms. The molecular formula is C23H29ClN2O3. The summed E-state index contributed by atoms with van der Waals surface area (Å²) in [6.07, 6.45) is 0. The predicted octanol–water partition coefficient (Wildman–Crippen LogP) is 3.61. The third kappa shape index (κ3) is 6.82. The molecule has 2 aromatic carbocycles. The Labute approximate surface area is 178 Å². The van der Waals surface area contributed by atoms with Crippen LogP contribution < -0.4 is 0 Å². The summed E-state index contributed by atoms with van der Waals surface area (Å²) in [6, 6.07) is 17.7. The summed E-state index contributed by atoms with van der Waals surface area (Å²) >= 11 is 6.18. The zero-order valence-corrected chi connectivity index (χ0v) is 17.7. The maximum atomic E-state index is 13.0. The summed E-state index contributed by atoms with van der Waals surface area (Å²) in [7, 11) is 0. The molecule has 1 saturated heterocycles. The van der Waals surface area contributed by atoms with E-state index in [4.69, 9.17) is 21.1 Å². The Balaban J connectivity index is 1.61. The Morgan fingerprint density at radius 1 is 1.14 bits per heavy atom. The number of carbonyl (C=O) groups excluding carboxylic acids is 1. The summed E-state index contributed by atoms with van der Waals surface area (Å²) in [5, 5.41) is 0.654. The van der Waals surface area contributed by atoms with E-state index in [-0.39, 0.29) is 18.6 Å². The van der Waals surface area contributed by atoms with Crippen molar-refractivity contribution in [3.63, 3.8) is 0 Å². The topological polar surface area (TPSA) is 42.0 Å². The average molecular weight is 417 g/mol. The highest BCUT2D eigenvalue weighted by molar-refractivity contribution is 6.31. The fourth-order valence-corrected chi connectivity index (χ4v) is 3.66. The Morgan fingerprint density at radius 3 is 2.55 bits per heavy atom. The van der Waals surface area contributed by atoms with Crippen molar-refractivity contribution in [1.82, 2.24) is 9.80 Å². The number of morpholine rings is 1. The lowest BCUT2D eigenvalue weighted by molar-refractivity contribution is -0.140. The van der Waals surface area contributed by atoms with Crippen LogP contribution in [0.3, 0.4) is 0 Å². The maximum Gasteiger partial charge on any atom is 0.249 e. The van der Waals surface area contributed by atoms with Crippen LogP contribution in [0.5, 0.6) is 0 Å². The molecule has 0 N–H and O–H groups in total. The van der Waals surface area contributed by atoms with Gasteiger partial charge in [0.25, 0.3) is 0 Å². The van der Waals surface area contributed by atoms with Gasteiger partial charge in [-0.3, -0.25) is 9.69 Å². The van der Waals surface area contributed by atoms with Gasteiger partial charge < -0.3 is 14.4 Å². The van der Waals surface area contributed by atoms with Crippen molar-refractivity contribution in [1.29, 1.82) is 0 Å². The minimum absolute atomic E-state index is 0.0123. The molecule has 0 aromatic heterocycles. The number of hydrogen-bond acceptors (Lipinski definition) is 4. The highest BCUT2D eigenvalue weighted by atomic mass is 35.5. The summed E-state index contributed by atoms with van der Waals surface area (Å²) < 4.78 is 11.1. The lowest BCUT2D eigenvalue weighted by Crippen LogP contribution is -2.48. The lowest BCUT2D eigenvalue weighted by atomic mass is 10.1. The van der Waals surface area contributed by atoms with Crippen LogP contribution in [0.2, 0.25) is 5.02 Å². The molecule has 5 nitrogen and oxygen atoms in total. The van der Waals surface area contributed by atoms with Crippen LogP contribution in [0.1, 0.15) is 18.1 Å². The zero-order valence-electron chi connectivity index (χ0n) is 16.9. The van der Waals surface area contributed by atoms with Gasteiger partial charge in [0.05, 0.1) is 19.8 Å². The number of halogens is 1. The van der Waals surface area contributed by atoms with Crippen molar-refractivity contribution in [2.24, 2.45) is 0 Å². The van der Waals surface area contributed by atoms with Gasteiger partial charge in [-0.2, -0.15) is 0 Å². The third-order valence-corrected chi connectivity index (χ3v) is 5.48. The van der Waals surface area contributed by atoms with Crippen LogP contribution in [-0.4, -0.2) is 61.2 Å². The highest BCUT2D eigenvalue weighted by Crippen LogP contribution is 2.16. The third-order valence-electron chi connectivity index (χ3n) is 5.12. The molecule has 1 aliphatic heterocycles. The van der Waals surface area contributed by atoms with Crippen LogP contribution in [0.4, 0.5) is 0 Å². The Bertz CT molecular complexity index is 766. The lowest BCUT2D eigenvalue weighted by Gasteiger charge is -2.35. The molecule has 156 valence electrons. The standard InChI is InChI=1S/C23H29ClN2O3/c1-19(15-25-11-13-28-14-12-25)26(16-20-7-3-2-4-8-20)23(27)18-29-17-21-9-5-6-10-22(21)24/h2-10,19H,11-18H2,1H3. The molecule has 1 fully saturated rings. The fourth-order valence-electron chi connectivity index (χ4n) is 3.47. The van der Waals surface area contributed by atoms with E-state index in [2.05, 4.69) is 11.8 Å². The summed E-state index contributed by atoms with van der Waals surface area (Å²) in [5.74, 6) is -0.0123. The minimum atomic E-state index is -0.0123. The SMILES string of the molecule is CC(CN1CCOCC1)N(Cc1ccccc1)C(=O)COCc1ccccc1Cl. The fraction of sp³-hybridized carbons (Fsp3) is 0.435. The molecular weight excluding hydrogens is 388 g/mol. The van der Waals surface area contributed by atoms with E-state index < -0.39 is 0 Å². The Morgan fingerprint density at radius 2 is 1.83 bits per heavy atom. The van der Waals surface area contributed by atoms with E-state index in [1.807, 2.05) is 59.5 Å². The van der Waals surface area contributed by atoms with Crippen molar-refractivity contribution >= 4 is 17.5 Å². The largest absolute Gasteiger partial charge is 0.379 e. The summed E-state index contributed by atoms with van der Waals surface area (Å²) in [4.78, 5) is 17.3. The van der Waals surface area contributed by atoms with E-state index in [1.54, 1.807) is 0 Å². The Hall–Kier alpha value is -1.92. The molecule has 0 saturated carbocycles. The van der Waals surface area contributed by atoms with Gasteiger partial charge in [0.2, 0.25) is 5.91 Å². The van der Waals surface area contributed by atoms with Crippen LogP contribution in [0.25, 0.3) is 0 Å². The van der Waals surface area contributed by atoms with Crippen molar-refractivity contribution < 1.29 is 14.3 Å². The predicted molar refractivity (Wildman–Crippen MR) is 115 cm³/mol. The van der Waals surface area contributed by atoms with Gasteiger partial charge in [-0.15, -0.1) is 0 Å². The maximum absolute atomic E-state index is 13.0. The number of ether oxygens (including phenoxy) is 2. The first-order chi connectivity index (χ1) is 14.1. The van der Waals surface area contributed by atoms with Crippen LogP contribution >= 0.6 is 11.6 Å². The van der Waals surface area contributed by atoms with Crippen LogP contribution in [-0.2, 0) is 27.4 Å².